The highest BCUT2D eigenvalue weighted by Crippen LogP contribution is 2.27. The van der Waals surface area contributed by atoms with Crippen LogP contribution in [0.5, 0.6) is 0 Å². The zero-order valence-corrected chi connectivity index (χ0v) is 17.8. The fourth-order valence-corrected chi connectivity index (χ4v) is 4.76. The van der Waals surface area contributed by atoms with Crippen molar-refractivity contribution in [2.75, 3.05) is 13.6 Å². The van der Waals surface area contributed by atoms with E-state index in [4.69, 9.17) is 0 Å². The van der Waals surface area contributed by atoms with Gasteiger partial charge in [-0.3, -0.25) is 4.79 Å². The first-order valence-electron chi connectivity index (χ1n) is 9.48. The molecule has 0 unspecified atom stereocenters. The highest BCUT2D eigenvalue weighted by atomic mass is 32.2. The molecule has 148 valence electrons. The number of fused-ring (bicyclic) bond motifs is 1. The number of carbonyl (C=O) groups excluding carboxylic acids is 1. The van der Waals surface area contributed by atoms with Crippen molar-refractivity contribution in [2.24, 2.45) is 0 Å². The molecule has 5 nitrogen and oxygen atoms in total. The summed E-state index contributed by atoms with van der Waals surface area (Å²) in [4.78, 5) is 28.1. The van der Waals surface area contributed by atoms with E-state index < -0.39 is 0 Å². The fraction of sp³-hybridized carbons (Fsp3) is 0.227. The quantitative estimate of drug-likeness (QED) is 0.405. The maximum Gasteiger partial charge on any atom is 0.254 e. The minimum Gasteiger partial charge on any atom is -0.342 e. The SMILES string of the molecule is CN(CCCc1nc2ccccc2[nH]1)C(=O)c1ccccc1SCc1cscn1. The number of benzene rings is 2. The molecule has 1 N–H and O–H groups in total. The number of para-hydroxylation sites is 2. The second-order valence-electron chi connectivity index (χ2n) is 6.80. The Kier molecular flexibility index (Phi) is 6.27. The second-order valence-corrected chi connectivity index (χ2v) is 8.53. The van der Waals surface area contributed by atoms with E-state index in [9.17, 15) is 4.79 Å². The van der Waals surface area contributed by atoms with Crippen molar-refractivity contribution in [3.8, 4) is 0 Å². The van der Waals surface area contributed by atoms with Gasteiger partial charge in [-0.25, -0.2) is 9.97 Å². The largest absolute Gasteiger partial charge is 0.342 e. The molecule has 2 aromatic carbocycles. The Bertz CT molecular complexity index is 1060. The lowest BCUT2D eigenvalue weighted by molar-refractivity contribution is 0.0790. The van der Waals surface area contributed by atoms with Gasteiger partial charge in [-0.1, -0.05) is 24.3 Å². The van der Waals surface area contributed by atoms with Crippen LogP contribution < -0.4 is 0 Å². The first kappa shape index (κ1) is 19.7. The van der Waals surface area contributed by atoms with Crippen LogP contribution in [0.3, 0.4) is 0 Å². The number of thioether (sulfide) groups is 1. The Hall–Kier alpha value is -2.64. The average Bonchev–Trinajstić information content (AvgIpc) is 3.41. The summed E-state index contributed by atoms with van der Waals surface area (Å²) < 4.78 is 0. The Morgan fingerprint density at radius 3 is 2.83 bits per heavy atom. The third-order valence-electron chi connectivity index (χ3n) is 4.67. The number of hydrogen-bond acceptors (Lipinski definition) is 5. The standard InChI is InChI=1S/C22H22N4OS2/c1-26(12-6-11-21-24-18-8-3-4-9-19(18)25-21)22(27)17-7-2-5-10-20(17)29-14-16-13-28-15-23-16/h2-5,7-10,13,15H,6,11-12,14H2,1H3,(H,24,25). The van der Waals surface area contributed by atoms with Gasteiger partial charge in [0, 0.05) is 36.0 Å². The molecule has 7 heteroatoms. The molecule has 0 saturated carbocycles. The minimum absolute atomic E-state index is 0.0518. The van der Waals surface area contributed by atoms with E-state index in [2.05, 4.69) is 15.0 Å². The van der Waals surface area contributed by atoms with Crippen LogP contribution in [0.25, 0.3) is 11.0 Å². The van der Waals surface area contributed by atoms with E-state index in [1.807, 2.05) is 66.5 Å². The summed E-state index contributed by atoms with van der Waals surface area (Å²) in [5, 5.41) is 2.04. The molecular weight excluding hydrogens is 400 g/mol. The number of aromatic amines is 1. The van der Waals surface area contributed by atoms with Gasteiger partial charge in [-0.2, -0.15) is 0 Å². The predicted molar refractivity (Wildman–Crippen MR) is 119 cm³/mol. The van der Waals surface area contributed by atoms with Crippen LogP contribution in [0, 0.1) is 0 Å². The molecule has 0 aliphatic carbocycles. The van der Waals surface area contributed by atoms with Gasteiger partial charge < -0.3 is 9.88 Å². The lowest BCUT2D eigenvalue weighted by Gasteiger charge is -2.18. The lowest BCUT2D eigenvalue weighted by Crippen LogP contribution is -2.28. The summed E-state index contributed by atoms with van der Waals surface area (Å²) in [7, 11) is 1.86. The average molecular weight is 423 g/mol. The first-order valence-corrected chi connectivity index (χ1v) is 11.4. The molecular formula is C22H22N4OS2. The van der Waals surface area contributed by atoms with Gasteiger partial charge in [0.05, 0.1) is 27.8 Å². The number of H-pyrrole nitrogens is 1. The summed E-state index contributed by atoms with van der Waals surface area (Å²) in [6, 6.07) is 15.8. The van der Waals surface area contributed by atoms with E-state index in [-0.39, 0.29) is 5.91 Å². The van der Waals surface area contributed by atoms with Crippen molar-refractivity contribution in [1.29, 1.82) is 0 Å². The van der Waals surface area contributed by atoms with Crippen molar-refractivity contribution in [1.82, 2.24) is 19.9 Å². The van der Waals surface area contributed by atoms with Gasteiger partial charge in [0.25, 0.3) is 5.91 Å². The van der Waals surface area contributed by atoms with Crippen LogP contribution in [0.15, 0.2) is 64.3 Å². The van der Waals surface area contributed by atoms with Gasteiger partial charge in [-0.05, 0) is 30.7 Å². The third kappa shape index (κ3) is 4.86. The molecule has 0 fully saturated rings. The summed E-state index contributed by atoms with van der Waals surface area (Å²) in [5.41, 5.74) is 5.67. The number of nitrogens with zero attached hydrogens (tertiary/aromatic N) is 3. The van der Waals surface area contributed by atoms with Gasteiger partial charge in [-0.15, -0.1) is 23.1 Å². The Morgan fingerprint density at radius 2 is 2.00 bits per heavy atom. The molecule has 2 aromatic heterocycles. The topological polar surface area (TPSA) is 61.9 Å². The Morgan fingerprint density at radius 1 is 1.17 bits per heavy atom. The van der Waals surface area contributed by atoms with Crippen LogP contribution in [-0.4, -0.2) is 39.4 Å². The molecule has 0 radical (unpaired) electrons. The van der Waals surface area contributed by atoms with E-state index in [1.165, 1.54) is 0 Å². The normalized spacial score (nSPS) is 11.1. The summed E-state index contributed by atoms with van der Waals surface area (Å²) >= 11 is 3.25. The lowest BCUT2D eigenvalue weighted by atomic mass is 10.2. The highest BCUT2D eigenvalue weighted by molar-refractivity contribution is 7.98. The molecule has 0 spiro atoms. The number of thiazole rings is 1. The zero-order valence-electron chi connectivity index (χ0n) is 16.2. The number of amides is 1. The Labute approximate surface area is 178 Å². The molecule has 0 bridgehead atoms. The molecule has 4 aromatic rings. The van der Waals surface area contributed by atoms with Crippen LogP contribution in [0.2, 0.25) is 0 Å². The van der Waals surface area contributed by atoms with Gasteiger partial charge in [0.2, 0.25) is 0 Å². The minimum atomic E-state index is 0.0518. The maximum atomic E-state index is 13.0. The summed E-state index contributed by atoms with van der Waals surface area (Å²) in [6.07, 6.45) is 1.67. The predicted octanol–water partition coefficient (Wildman–Crippen LogP) is 5.02. The van der Waals surface area contributed by atoms with Crippen LogP contribution in [0.4, 0.5) is 0 Å². The molecule has 0 aliphatic rings. The molecule has 1 amide bonds. The first-order chi connectivity index (χ1) is 14.2. The summed E-state index contributed by atoms with van der Waals surface area (Å²) in [5.74, 6) is 1.78. The fourth-order valence-electron chi connectivity index (χ4n) is 3.14. The van der Waals surface area contributed by atoms with Crippen LogP contribution >= 0.6 is 23.1 Å². The van der Waals surface area contributed by atoms with Gasteiger partial charge in [0.15, 0.2) is 0 Å². The van der Waals surface area contributed by atoms with Crippen LogP contribution in [0.1, 0.15) is 28.3 Å². The number of hydrogen-bond donors (Lipinski definition) is 1. The number of carbonyl (C=O) groups is 1. The van der Waals surface area contributed by atoms with Gasteiger partial charge in [0.1, 0.15) is 5.82 Å². The van der Waals surface area contributed by atoms with Crippen molar-refractivity contribution in [2.45, 2.75) is 23.5 Å². The number of rotatable bonds is 8. The molecule has 4 rings (SSSR count). The second kappa shape index (κ2) is 9.24. The number of aryl methyl sites for hydroxylation is 1. The molecule has 29 heavy (non-hydrogen) atoms. The monoisotopic (exact) mass is 422 g/mol. The number of aromatic nitrogens is 3. The number of nitrogens with one attached hydrogen (secondary N) is 1. The molecule has 2 heterocycles. The van der Waals surface area contributed by atoms with Gasteiger partial charge >= 0.3 is 0 Å². The van der Waals surface area contributed by atoms with Crippen molar-refractivity contribution >= 4 is 40.0 Å². The van der Waals surface area contributed by atoms with E-state index in [0.29, 0.717) is 6.54 Å². The van der Waals surface area contributed by atoms with E-state index in [1.54, 1.807) is 28.0 Å². The molecule has 0 aliphatic heterocycles. The number of imidazole rings is 1. The smallest absolute Gasteiger partial charge is 0.254 e. The maximum absolute atomic E-state index is 13.0. The van der Waals surface area contributed by atoms with Crippen molar-refractivity contribution in [3.63, 3.8) is 0 Å². The van der Waals surface area contributed by atoms with Crippen LogP contribution in [-0.2, 0) is 12.2 Å². The molecule has 0 atom stereocenters. The Balaban J connectivity index is 1.35. The zero-order chi connectivity index (χ0) is 20.1. The van der Waals surface area contributed by atoms with E-state index >= 15 is 0 Å². The molecule has 0 saturated heterocycles. The van der Waals surface area contributed by atoms with Crippen molar-refractivity contribution < 1.29 is 4.79 Å². The highest BCUT2D eigenvalue weighted by Gasteiger charge is 2.16. The van der Waals surface area contributed by atoms with Crippen molar-refractivity contribution in [3.05, 3.63) is 76.5 Å². The summed E-state index contributed by atoms with van der Waals surface area (Å²) in [6.45, 7) is 0.682. The van der Waals surface area contributed by atoms with E-state index in [0.717, 1.165) is 51.6 Å². The third-order valence-corrected chi connectivity index (χ3v) is 6.41.